The number of ether oxygens (including phenoxy) is 4. The molecule has 0 rings (SSSR count). The largest absolute Gasteiger partial charge is 0.377 e. The first kappa shape index (κ1) is 25.2. The van der Waals surface area contributed by atoms with Crippen molar-refractivity contribution < 1.29 is 28.5 Å². The van der Waals surface area contributed by atoms with Gasteiger partial charge in [-0.05, 0) is 12.8 Å². The highest BCUT2D eigenvalue weighted by molar-refractivity contribution is 5.76. The van der Waals surface area contributed by atoms with Crippen molar-refractivity contribution in [2.24, 2.45) is 5.92 Å². The second-order valence-electron chi connectivity index (χ2n) is 5.54. The van der Waals surface area contributed by atoms with Gasteiger partial charge in [-0.25, -0.2) is 0 Å². The summed E-state index contributed by atoms with van der Waals surface area (Å²) in [5.41, 5.74) is 0. The molecule has 0 spiro atoms. The molecule has 0 saturated carbocycles. The van der Waals surface area contributed by atoms with Crippen LogP contribution in [-0.4, -0.2) is 71.1 Å². The third-order valence-electron chi connectivity index (χ3n) is 2.58. The maximum Gasteiger partial charge on any atom is 0.220 e. The lowest BCUT2D eigenvalue weighted by Gasteiger charge is -2.08. The molecule has 0 radical (unpaired) electrons. The molecule has 0 aromatic heterocycles. The highest BCUT2D eigenvalue weighted by Gasteiger charge is 2.03. The SMILES string of the molecule is C.CC(=O)COCCOCCOCCOCCNC(=O)CC(C)C. The van der Waals surface area contributed by atoms with Crippen molar-refractivity contribution in [1.82, 2.24) is 5.32 Å². The number of hydrogen-bond donors (Lipinski definition) is 1. The summed E-state index contributed by atoms with van der Waals surface area (Å²) in [6.45, 7) is 9.44. The van der Waals surface area contributed by atoms with Crippen LogP contribution in [0.5, 0.6) is 0 Å². The molecule has 7 nitrogen and oxygen atoms in total. The van der Waals surface area contributed by atoms with Crippen molar-refractivity contribution in [2.45, 2.75) is 34.6 Å². The molecule has 7 heteroatoms. The molecule has 0 fully saturated rings. The van der Waals surface area contributed by atoms with Gasteiger partial charge >= 0.3 is 0 Å². The third kappa shape index (κ3) is 21.0. The van der Waals surface area contributed by atoms with E-state index in [9.17, 15) is 9.59 Å². The molecule has 0 heterocycles. The van der Waals surface area contributed by atoms with Gasteiger partial charge in [-0.3, -0.25) is 9.59 Å². The van der Waals surface area contributed by atoms with E-state index in [-0.39, 0.29) is 25.7 Å². The quantitative estimate of drug-likeness (QED) is 0.425. The summed E-state index contributed by atoms with van der Waals surface area (Å²) in [4.78, 5) is 22.0. The van der Waals surface area contributed by atoms with E-state index in [1.54, 1.807) is 0 Å². The maximum atomic E-state index is 11.4. The van der Waals surface area contributed by atoms with Crippen molar-refractivity contribution in [3.8, 4) is 0 Å². The molecule has 0 bridgehead atoms. The van der Waals surface area contributed by atoms with Crippen LogP contribution >= 0.6 is 0 Å². The Morgan fingerprint density at radius 2 is 1.29 bits per heavy atom. The number of Topliss-reactive ketones (excluding diaryl/α,β-unsaturated/α-hetero) is 1. The van der Waals surface area contributed by atoms with Crippen molar-refractivity contribution in [3.05, 3.63) is 0 Å². The molecular weight excluding hydrogens is 314 g/mol. The first-order valence-corrected chi connectivity index (χ1v) is 8.09. The van der Waals surface area contributed by atoms with Gasteiger partial charge in [0.05, 0.1) is 46.2 Å². The first-order chi connectivity index (χ1) is 11.0. The Morgan fingerprint density at radius 3 is 1.75 bits per heavy atom. The smallest absolute Gasteiger partial charge is 0.220 e. The lowest BCUT2D eigenvalue weighted by molar-refractivity contribution is -0.122. The fourth-order valence-corrected chi connectivity index (χ4v) is 1.58. The Labute approximate surface area is 146 Å². The van der Waals surface area contributed by atoms with E-state index < -0.39 is 0 Å². The Hall–Kier alpha value is -1.02. The fraction of sp³-hybridized carbons (Fsp3) is 0.882. The van der Waals surface area contributed by atoms with Crippen LogP contribution < -0.4 is 5.32 Å². The van der Waals surface area contributed by atoms with E-state index in [2.05, 4.69) is 5.32 Å². The van der Waals surface area contributed by atoms with E-state index in [1.807, 2.05) is 13.8 Å². The standard InChI is InChI=1S/C16H31NO6.CH4/c1-14(2)12-16(19)17-4-5-20-6-7-21-8-9-22-10-11-23-13-15(3)18;/h14H,4-13H2,1-3H3,(H,17,19);1H4. The minimum Gasteiger partial charge on any atom is -0.377 e. The lowest BCUT2D eigenvalue weighted by atomic mass is 10.1. The van der Waals surface area contributed by atoms with Crippen molar-refractivity contribution in [3.63, 3.8) is 0 Å². The van der Waals surface area contributed by atoms with Crippen LogP contribution in [-0.2, 0) is 28.5 Å². The number of hydrogen-bond acceptors (Lipinski definition) is 6. The lowest BCUT2D eigenvalue weighted by Crippen LogP contribution is -2.28. The number of carbonyl (C=O) groups is 2. The molecule has 0 atom stereocenters. The van der Waals surface area contributed by atoms with E-state index in [4.69, 9.17) is 18.9 Å². The average molecular weight is 349 g/mol. The zero-order valence-electron chi connectivity index (χ0n) is 14.6. The molecule has 0 aliphatic carbocycles. The normalized spacial score (nSPS) is 10.5. The van der Waals surface area contributed by atoms with Crippen LogP contribution in [0.1, 0.15) is 34.6 Å². The van der Waals surface area contributed by atoms with Gasteiger partial charge in [-0.1, -0.05) is 21.3 Å². The Kier molecular flexibility index (Phi) is 19.3. The number of carbonyl (C=O) groups excluding carboxylic acids is 2. The number of amides is 1. The summed E-state index contributed by atoms with van der Waals surface area (Å²) < 4.78 is 21.0. The van der Waals surface area contributed by atoms with Crippen molar-refractivity contribution in [1.29, 1.82) is 0 Å². The van der Waals surface area contributed by atoms with Crippen LogP contribution in [0, 0.1) is 5.92 Å². The van der Waals surface area contributed by atoms with E-state index in [1.165, 1.54) is 6.92 Å². The molecule has 144 valence electrons. The number of rotatable bonds is 16. The Balaban J connectivity index is 0. The monoisotopic (exact) mass is 349 g/mol. The van der Waals surface area contributed by atoms with Crippen LogP contribution in [0.4, 0.5) is 0 Å². The molecule has 0 saturated heterocycles. The van der Waals surface area contributed by atoms with Gasteiger partial charge in [0, 0.05) is 13.0 Å². The molecular formula is C17H35NO6. The summed E-state index contributed by atoms with van der Waals surface area (Å²) >= 11 is 0. The average Bonchev–Trinajstić information content (AvgIpc) is 2.46. The summed E-state index contributed by atoms with van der Waals surface area (Å²) in [5.74, 6) is 0.435. The van der Waals surface area contributed by atoms with Gasteiger partial charge in [0.25, 0.3) is 0 Å². The van der Waals surface area contributed by atoms with Gasteiger partial charge in [0.2, 0.25) is 5.91 Å². The van der Waals surface area contributed by atoms with Crippen LogP contribution in [0.25, 0.3) is 0 Å². The second-order valence-corrected chi connectivity index (χ2v) is 5.54. The maximum absolute atomic E-state index is 11.4. The summed E-state index contributed by atoms with van der Waals surface area (Å²) in [6.07, 6.45) is 0.545. The van der Waals surface area contributed by atoms with Crippen LogP contribution in [0.2, 0.25) is 0 Å². The molecule has 0 unspecified atom stereocenters. The zero-order chi connectivity index (χ0) is 17.3. The Morgan fingerprint density at radius 1 is 0.833 bits per heavy atom. The third-order valence-corrected chi connectivity index (χ3v) is 2.58. The molecule has 0 aromatic rings. The molecule has 0 aliphatic heterocycles. The molecule has 24 heavy (non-hydrogen) atoms. The van der Waals surface area contributed by atoms with Gasteiger partial charge in [0.1, 0.15) is 6.61 Å². The number of ketones is 1. The molecule has 1 amide bonds. The first-order valence-electron chi connectivity index (χ1n) is 8.09. The second kappa shape index (κ2) is 18.3. The predicted molar refractivity (Wildman–Crippen MR) is 93.2 cm³/mol. The van der Waals surface area contributed by atoms with Crippen LogP contribution in [0.15, 0.2) is 0 Å². The minimum absolute atomic E-state index is 0. The van der Waals surface area contributed by atoms with Gasteiger partial charge in [-0.15, -0.1) is 0 Å². The summed E-state index contributed by atoms with van der Waals surface area (Å²) in [5, 5.41) is 2.80. The van der Waals surface area contributed by atoms with Crippen LogP contribution in [0.3, 0.4) is 0 Å². The van der Waals surface area contributed by atoms with Crippen molar-refractivity contribution in [2.75, 3.05) is 59.4 Å². The highest BCUT2D eigenvalue weighted by Crippen LogP contribution is 1.97. The van der Waals surface area contributed by atoms with E-state index in [0.717, 1.165) is 0 Å². The van der Waals surface area contributed by atoms with E-state index >= 15 is 0 Å². The number of nitrogens with one attached hydrogen (secondary N) is 1. The van der Waals surface area contributed by atoms with Gasteiger partial charge < -0.3 is 24.3 Å². The molecule has 1 N–H and O–H groups in total. The van der Waals surface area contributed by atoms with Gasteiger partial charge in [0.15, 0.2) is 5.78 Å². The zero-order valence-corrected chi connectivity index (χ0v) is 14.6. The Bertz CT molecular complexity index is 309. The topological polar surface area (TPSA) is 83.1 Å². The summed E-state index contributed by atoms with van der Waals surface area (Å²) in [6, 6.07) is 0. The summed E-state index contributed by atoms with van der Waals surface area (Å²) in [7, 11) is 0. The fourth-order valence-electron chi connectivity index (χ4n) is 1.58. The van der Waals surface area contributed by atoms with Gasteiger partial charge in [-0.2, -0.15) is 0 Å². The molecule has 0 aromatic carbocycles. The van der Waals surface area contributed by atoms with Crippen molar-refractivity contribution >= 4 is 11.7 Å². The highest BCUT2D eigenvalue weighted by atomic mass is 16.6. The predicted octanol–water partition coefficient (Wildman–Crippen LogP) is 1.44. The molecule has 0 aliphatic rings. The minimum atomic E-state index is 0. The van der Waals surface area contributed by atoms with E-state index in [0.29, 0.717) is 65.1 Å².